The molecule has 32 heavy (non-hydrogen) atoms. The molecule has 9 nitrogen and oxygen atoms in total. The Labute approximate surface area is 187 Å². The lowest BCUT2D eigenvalue weighted by atomic mass is 10.2. The number of aliphatic hydroxyl groups is 1. The molecule has 1 aliphatic rings. The Morgan fingerprint density at radius 1 is 1.16 bits per heavy atom. The Morgan fingerprint density at radius 3 is 2.44 bits per heavy atom. The van der Waals surface area contributed by atoms with Gasteiger partial charge >= 0.3 is 5.97 Å². The summed E-state index contributed by atoms with van der Waals surface area (Å²) >= 11 is 0. The SMILES string of the molecule is CCN(c1ccccc1)S(=O)(=O)c1ccccc1NC1=C(C(=O)OC)CN(CCO)C1=O. The van der Waals surface area contributed by atoms with E-state index in [1.54, 1.807) is 49.4 Å². The van der Waals surface area contributed by atoms with E-state index >= 15 is 0 Å². The minimum atomic E-state index is -3.99. The van der Waals surface area contributed by atoms with Crippen LogP contribution in [0.5, 0.6) is 0 Å². The molecule has 1 aliphatic heterocycles. The number of hydrogen-bond acceptors (Lipinski definition) is 7. The van der Waals surface area contributed by atoms with Gasteiger partial charge in [-0.25, -0.2) is 13.2 Å². The zero-order chi connectivity index (χ0) is 23.3. The lowest BCUT2D eigenvalue weighted by Gasteiger charge is -2.24. The van der Waals surface area contributed by atoms with Crippen molar-refractivity contribution in [3.63, 3.8) is 0 Å². The van der Waals surface area contributed by atoms with Crippen molar-refractivity contribution >= 4 is 33.3 Å². The fraction of sp³-hybridized carbons (Fsp3) is 0.273. The molecule has 0 aromatic heterocycles. The van der Waals surface area contributed by atoms with E-state index in [2.05, 4.69) is 5.32 Å². The number of rotatable bonds is 9. The third-order valence-electron chi connectivity index (χ3n) is 5.00. The minimum Gasteiger partial charge on any atom is -0.466 e. The van der Waals surface area contributed by atoms with Crippen LogP contribution in [0, 0.1) is 0 Å². The van der Waals surface area contributed by atoms with Crippen LogP contribution >= 0.6 is 0 Å². The first-order chi connectivity index (χ1) is 15.3. The van der Waals surface area contributed by atoms with E-state index in [0.717, 1.165) is 0 Å². The standard InChI is InChI=1S/C22H25N3O6S/c1-3-25(16-9-5-4-6-10-16)32(29,30)19-12-8-7-11-18(19)23-20-17(22(28)31-2)15-24(13-14-26)21(20)27/h4-12,23,26H,3,13-15H2,1-2H3. The average molecular weight is 460 g/mol. The van der Waals surface area contributed by atoms with Gasteiger partial charge < -0.3 is 20.1 Å². The number of ether oxygens (including phenoxy) is 1. The molecule has 0 unspecified atom stereocenters. The maximum atomic E-state index is 13.5. The number of benzene rings is 2. The van der Waals surface area contributed by atoms with Crippen molar-refractivity contribution in [2.45, 2.75) is 11.8 Å². The minimum absolute atomic E-state index is 0.0298. The lowest BCUT2D eigenvalue weighted by Crippen LogP contribution is -2.32. The second-order valence-electron chi connectivity index (χ2n) is 6.92. The van der Waals surface area contributed by atoms with Crippen LogP contribution in [0.15, 0.2) is 70.8 Å². The molecule has 10 heteroatoms. The molecular weight excluding hydrogens is 434 g/mol. The van der Waals surface area contributed by atoms with Crippen LogP contribution in [0.25, 0.3) is 0 Å². The van der Waals surface area contributed by atoms with Crippen molar-refractivity contribution in [1.82, 2.24) is 4.90 Å². The Balaban J connectivity index is 2.04. The number of carbonyl (C=O) groups is 2. The van der Waals surface area contributed by atoms with Gasteiger partial charge in [-0.2, -0.15) is 0 Å². The normalized spacial score (nSPS) is 14.0. The van der Waals surface area contributed by atoms with Crippen molar-refractivity contribution < 1.29 is 27.9 Å². The maximum Gasteiger partial charge on any atom is 0.337 e. The highest BCUT2D eigenvalue weighted by Crippen LogP contribution is 2.31. The lowest BCUT2D eigenvalue weighted by molar-refractivity contribution is -0.136. The highest BCUT2D eigenvalue weighted by Gasteiger charge is 2.35. The number of sulfonamides is 1. The third-order valence-corrected chi connectivity index (χ3v) is 6.96. The first kappa shape index (κ1) is 23.3. The van der Waals surface area contributed by atoms with Crippen molar-refractivity contribution in [2.75, 3.05) is 43.0 Å². The summed E-state index contributed by atoms with van der Waals surface area (Å²) in [5.74, 6) is -1.23. The molecule has 1 amide bonds. The Kier molecular flexibility index (Phi) is 7.16. The number of para-hydroxylation sites is 2. The second kappa shape index (κ2) is 9.84. The summed E-state index contributed by atoms with van der Waals surface area (Å²) < 4.78 is 33.1. The van der Waals surface area contributed by atoms with Crippen molar-refractivity contribution in [3.8, 4) is 0 Å². The molecule has 0 fully saturated rings. The van der Waals surface area contributed by atoms with Crippen LogP contribution in [0.2, 0.25) is 0 Å². The quantitative estimate of drug-likeness (QED) is 0.547. The monoisotopic (exact) mass is 459 g/mol. The van der Waals surface area contributed by atoms with Gasteiger partial charge in [-0.05, 0) is 31.2 Å². The summed E-state index contributed by atoms with van der Waals surface area (Å²) in [4.78, 5) is 26.3. The molecule has 0 radical (unpaired) electrons. The Hall–Kier alpha value is -3.37. The molecule has 0 atom stereocenters. The zero-order valence-corrected chi connectivity index (χ0v) is 18.6. The van der Waals surface area contributed by atoms with Crippen molar-refractivity contribution in [3.05, 3.63) is 65.9 Å². The summed E-state index contributed by atoms with van der Waals surface area (Å²) in [6.07, 6.45) is 0. The van der Waals surface area contributed by atoms with Gasteiger partial charge in [0.05, 0.1) is 37.2 Å². The van der Waals surface area contributed by atoms with Gasteiger partial charge in [0.15, 0.2) is 0 Å². The predicted octanol–water partition coefficient (Wildman–Crippen LogP) is 1.58. The van der Waals surface area contributed by atoms with E-state index in [1.165, 1.54) is 28.4 Å². The fourth-order valence-electron chi connectivity index (χ4n) is 3.48. The van der Waals surface area contributed by atoms with Gasteiger partial charge in [0.1, 0.15) is 10.6 Å². The molecule has 1 heterocycles. The van der Waals surface area contributed by atoms with Gasteiger partial charge in [0.2, 0.25) is 0 Å². The number of esters is 1. The van der Waals surface area contributed by atoms with Crippen molar-refractivity contribution in [1.29, 1.82) is 0 Å². The fourth-order valence-corrected chi connectivity index (χ4v) is 5.11. The number of aliphatic hydroxyl groups excluding tert-OH is 1. The molecule has 0 spiro atoms. The largest absolute Gasteiger partial charge is 0.466 e. The number of nitrogens with zero attached hydrogens (tertiary/aromatic N) is 2. The van der Waals surface area contributed by atoms with Crippen LogP contribution in [0.3, 0.4) is 0 Å². The first-order valence-electron chi connectivity index (χ1n) is 10.0. The van der Waals surface area contributed by atoms with Gasteiger partial charge in [-0.15, -0.1) is 0 Å². The molecular formula is C22H25N3O6S. The number of hydrogen-bond donors (Lipinski definition) is 2. The number of anilines is 2. The van der Waals surface area contributed by atoms with E-state index in [9.17, 15) is 23.1 Å². The van der Waals surface area contributed by atoms with Gasteiger partial charge in [0, 0.05) is 13.1 Å². The number of carbonyl (C=O) groups excluding carboxylic acids is 2. The maximum absolute atomic E-state index is 13.5. The highest BCUT2D eigenvalue weighted by atomic mass is 32.2. The molecule has 170 valence electrons. The molecule has 0 saturated heterocycles. The Morgan fingerprint density at radius 2 is 1.81 bits per heavy atom. The molecule has 3 rings (SSSR count). The molecule has 2 aromatic carbocycles. The number of β-amino-alcohol motifs (C(OH)–C–C–N with tert-alkyl or cyclic N) is 1. The molecule has 0 aliphatic carbocycles. The topological polar surface area (TPSA) is 116 Å². The summed E-state index contributed by atoms with van der Waals surface area (Å²) in [5, 5.41) is 12.1. The van der Waals surface area contributed by atoms with E-state index < -0.39 is 21.9 Å². The average Bonchev–Trinajstić information content (AvgIpc) is 3.10. The van der Waals surface area contributed by atoms with Crippen LogP contribution in [-0.4, -0.2) is 63.7 Å². The zero-order valence-electron chi connectivity index (χ0n) is 17.8. The van der Waals surface area contributed by atoms with E-state index in [4.69, 9.17) is 4.74 Å². The number of nitrogens with one attached hydrogen (secondary N) is 1. The van der Waals surface area contributed by atoms with Crippen molar-refractivity contribution in [2.24, 2.45) is 0 Å². The summed E-state index contributed by atoms with van der Waals surface area (Å²) in [6, 6.07) is 14.9. The van der Waals surface area contributed by atoms with Crippen LogP contribution in [0.1, 0.15) is 6.92 Å². The van der Waals surface area contributed by atoms with Crippen LogP contribution in [0.4, 0.5) is 11.4 Å². The van der Waals surface area contributed by atoms with Gasteiger partial charge in [0.25, 0.3) is 15.9 Å². The molecule has 2 N–H and O–H groups in total. The second-order valence-corrected chi connectivity index (χ2v) is 8.75. The third kappa shape index (κ3) is 4.46. The first-order valence-corrected chi connectivity index (χ1v) is 11.4. The molecule has 2 aromatic rings. The summed E-state index contributed by atoms with van der Waals surface area (Å²) in [6.45, 7) is 1.63. The van der Waals surface area contributed by atoms with E-state index in [1.807, 2.05) is 0 Å². The smallest absolute Gasteiger partial charge is 0.337 e. The number of methoxy groups -OCH3 is 1. The van der Waals surface area contributed by atoms with Gasteiger partial charge in [-0.3, -0.25) is 9.10 Å². The molecule has 0 bridgehead atoms. The van der Waals surface area contributed by atoms with Crippen LogP contribution < -0.4 is 9.62 Å². The number of amides is 1. The van der Waals surface area contributed by atoms with E-state index in [0.29, 0.717) is 5.69 Å². The summed E-state index contributed by atoms with van der Waals surface area (Å²) in [5.41, 5.74) is 0.645. The molecule has 0 saturated carbocycles. The Bertz CT molecular complexity index is 1130. The van der Waals surface area contributed by atoms with E-state index in [-0.39, 0.29) is 48.1 Å². The van der Waals surface area contributed by atoms with Gasteiger partial charge in [-0.1, -0.05) is 30.3 Å². The summed E-state index contributed by atoms with van der Waals surface area (Å²) in [7, 11) is -2.80. The predicted molar refractivity (Wildman–Crippen MR) is 119 cm³/mol. The highest BCUT2D eigenvalue weighted by molar-refractivity contribution is 7.93. The van der Waals surface area contributed by atoms with Crippen LogP contribution in [-0.2, 0) is 24.3 Å².